The Morgan fingerprint density at radius 2 is 1.89 bits per heavy atom. The normalized spacial score (nSPS) is 20.1. The zero-order valence-corrected chi connectivity index (χ0v) is 17.2. The van der Waals surface area contributed by atoms with E-state index in [9.17, 15) is 9.59 Å². The van der Waals surface area contributed by atoms with Crippen LogP contribution in [0.15, 0.2) is 24.3 Å². The van der Waals surface area contributed by atoms with Gasteiger partial charge in [0, 0.05) is 35.3 Å². The minimum Gasteiger partial charge on any atom is -0.350 e. The molecule has 1 spiro atoms. The van der Waals surface area contributed by atoms with Crippen molar-refractivity contribution in [2.75, 3.05) is 25.0 Å². The van der Waals surface area contributed by atoms with Gasteiger partial charge in [-0.2, -0.15) is 0 Å². The number of amides is 2. The molecule has 6 heteroatoms. The third-order valence-electron chi connectivity index (χ3n) is 5.51. The molecule has 2 fully saturated rings. The van der Waals surface area contributed by atoms with Crippen molar-refractivity contribution in [3.8, 4) is 0 Å². The maximum atomic E-state index is 12.5. The summed E-state index contributed by atoms with van der Waals surface area (Å²) in [4.78, 5) is 26.8. The van der Waals surface area contributed by atoms with Gasteiger partial charge in [-0.25, -0.2) is 0 Å². The first kappa shape index (κ1) is 20.2. The van der Waals surface area contributed by atoms with Gasteiger partial charge < -0.3 is 10.6 Å². The monoisotopic (exact) mass is 391 g/mol. The fraction of sp³-hybridized carbons (Fsp3) is 0.619. The van der Waals surface area contributed by atoms with Crippen molar-refractivity contribution in [2.24, 2.45) is 11.3 Å². The van der Waals surface area contributed by atoms with Crippen molar-refractivity contribution in [3.63, 3.8) is 0 Å². The number of hydrogen-bond acceptors (Lipinski definition) is 3. The Morgan fingerprint density at radius 3 is 2.48 bits per heavy atom. The van der Waals surface area contributed by atoms with Crippen LogP contribution in [0.4, 0.5) is 5.69 Å². The van der Waals surface area contributed by atoms with E-state index < -0.39 is 0 Å². The highest BCUT2D eigenvalue weighted by atomic mass is 35.5. The smallest absolute Gasteiger partial charge is 0.234 e. The number of anilines is 1. The lowest BCUT2D eigenvalue weighted by Gasteiger charge is -2.53. The van der Waals surface area contributed by atoms with Crippen molar-refractivity contribution < 1.29 is 9.59 Å². The molecule has 0 bridgehead atoms. The third kappa shape index (κ3) is 5.45. The summed E-state index contributed by atoms with van der Waals surface area (Å²) in [6, 6.07) is 7.27. The van der Waals surface area contributed by atoms with Crippen molar-refractivity contribution >= 4 is 29.1 Å². The summed E-state index contributed by atoms with van der Waals surface area (Å²) < 4.78 is 0. The van der Waals surface area contributed by atoms with Gasteiger partial charge in [0.25, 0.3) is 0 Å². The van der Waals surface area contributed by atoms with Crippen molar-refractivity contribution in [1.29, 1.82) is 0 Å². The van der Waals surface area contributed by atoms with Gasteiger partial charge in [0.15, 0.2) is 0 Å². The molecule has 3 rings (SSSR count). The van der Waals surface area contributed by atoms with Crippen molar-refractivity contribution in [1.82, 2.24) is 10.2 Å². The van der Waals surface area contributed by atoms with E-state index in [1.165, 1.54) is 0 Å². The number of halogens is 1. The van der Waals surface area contributed by atoms with E-state index in [1.54, 1.807) is 12.1 Å². The molecule has 0 aromatic heterocycles. The molecule has 1 aromatic rings. The van der Waals surface area contributed by atoms with E-state index in [0.717, 1.165) is 44.5 Å². The molecule has 1 aliphatic heterocycles. The van der Waals surface area contributed by atoms with Crippen LogP contribution in [0, 0.1) is 11.3 Å². The Hall–Kier alpha value is -1.59. The number of hydrogen-bond donors (Lipinski definition) is 2. The fourth-order valence-corrected chi connectivity index (χ4v) is 4.48. The van der Waals surface area contributed by atoms with E-state index in [-0.39, 0.29) is 23.3 Å². The van der Waals surface area contributed by atoms with E-state index in [0.29, 0.717) is 17.0 Å². The van der Waals surface area contributed by atoms with Crippen LogP contribution in [-0.2, 0) is 9.59 Å². The maximum absolute atomic E-state index is 12.5. The standard InChI is InChI=1S/C21H30ClN3O2/c1-20(2,3)24-18(26)12-25-13-21(14-25)9-7-15(8-10-21)19(27)23-17-6-4-5-16(22)11-17/h4-6,11,15H,7-10,12-14H2,1-3H3,(H,23,27)(H,24,26). The Morgan fingerprint density at radius 1 is 1.22 bits per heavy atom. The SMILES string of the molecule is CC(C)(C)NC(=O)CN1CC2(CCC(C(=O)Nc3cccc(Cl)c3)CC2)C1. The summed E-state index contributed by atoms with van der Waals surface area (Å²) in [5, 5.41) is 6.63. The number of carbonyl (C=O) groups excluding carboxylic acids is 2. The molecule has 0 atom stereocenters. The second-order valence-electron chi connectivity index (χ2n) is 9.22. The number of nitrogens with one attached hydrogen (secondary N) is 2. The molecular weight excluding hydrogens is 362 g/mol. The Balaban J connectivity index is 1.42. The highest BCUT2D eigenvalue weighted by Gasteiger charge is 2.46. The predicted octanol–water partition coefficient (Wildman–Crippen LogP) is 3.69. The number of rotatable bonds is 4. The first-order valence-corrected chi connectivity index (χ1v) is 10.1. The second-order valence-corrected chi connectivity index (χ2v) is 9.65. The summed E-state index contributed by atoms with van der Waals surface area (Å²) in [6.07, 6.45) is 3.93. The Labute approximate surface area is 166 Å². The fourth-order valence-electron chi connectivity index (χ4n) is 4.29. The minimum atomic E-state index is -0.186. The number of nitrogens with zero attached hydrogens (tertiary/aromatic N) is 1. The van der Waals surface area contributed by atoms with Gasteiger partial charge in [-0.1, -0.05) is 17.7 Å². The highest BCUT2D eigenvalue weighted by Crippen LogP contribution is 2.45. The maximum Gasteiger partial charge on any atom is 0.234 e. The zero-order chi connectivity index (χ0) is 19.7. The van der Waals surface area contributed by atoms with E-state index in [1.807, 2.05) is 32.9 Å². The van der Waals surface area contributed by atoms with E-state index in [4.69, 9.17) is 11.6 Å². The van der Waals surface area contributed by atoms with Gasteiger partial charge >= 0.3 is 0 Å². The molecule has 1 aliphatic carbocycles. The van der Waals surface area contributed by atoms with Crippen LogP contribution in [0.1, 0.15) is 46.5 Å². The lowest BCUT2D eigenvalue weighted by Crippen LogP contribution is -2.60. The molecule has 1 saturated carbocycles. The van der Waals surface area contributed by atoms with Crippen LogP contribution in [0.5, 0.6) is 0 Å². The van der Waals surface area contributed by atoms with Gasteiger partial charge in [-0.05, 0) is 70.1 Å². The number of likely N-dealkylation sites (tertiary alicyclic amines) is 1. The molecule has 0 radical (unpaired) electrons. The lowest BCUT2D eigenvalue weighted by atomic mass is 9.65. The van der Waals surface area contributed by atoms with E-state index >= 15 is 0 Å². The van der Waals surface area contributed by atoms with Gasteiger partial charge in [-0.15, -0.1) is 0 Å². The highest BCUT2D eigenvalue weighted by molar-refractivity contribution is 6.30. The van der Waals surface area contributed by atoms with Crippen LogP contribution >= 0.6 is 11.6 Å². The average Bonchev–Trinajstić information content (AvgIpc) is 2.52. The molecule has 0 unspecified atom stereocenters. The van der Waals surface area contributed by atoms with Gasteiger partial charge in [0.1, 0.15) is 0 Å². The zero-order valence-electron chi connectivity index (χ0n) is 16.5. The largest absolute Gasteiger partial charge is 0.350 e. The molecule has 2 N–H and O–H groups in total. The Kier molecular flexibility index (Phi) is 5.82. The molecule has 1 saturated heterocycles. The Bertz CT molecular complexity index is 698. The third-order valence-corrected chi connectivity index (χ3v) is 5.74. The molecule has 1 aromatic carbocycles. The van der Waals surface area contributed by atoms with Gasteiger partial charge in [-0.3, -0.25) is 14.5 Å². The van der Waals surface area contributed by atoms with Crippen LogP contribution in [0.2, 0.25) is 5.02 Å². The predicted molar refractivity (Wildman–Crippen MR) is 109 cm³/mol. The first-order chi connectivity index (χ1) is 12.6. The molecule has 27 heavy (non-hydrogen) atoms. The van der Waals surface area contributed by atoms with Crippen LogP contribution < -0.4 is 10.6 Å². The average molecular weight is 392 g/mol. The molecule has 148 valence electrons. The topological polar surface area (TPSA) is 61.4 Å². The summed E-state index contributed by atoms with van der Waals surface area (Å²) in [6.45, 7) is 8.40. The molecular formula is C21H30ClN3O2. The molecule has 1 heterocycles. The quantitative estimate of drug-likeness (QED) is 0.822. The summed E-state index contributed by atoms with van der Waals surface area (Å²) in [5.74, 6) is 0.243. The summed E-state index contributed by atoms with van der Waals surface area (Å²) in [7, 11) is 0. The van der Waals surface area contributed by atoms with Crippen LogP contribution in [-0.4, -0.2) is 41.9 Å². The van der Waals surface area contributed by atoms with Crippen molar-refractivity contribution in [3.05, 3.63) is 29.3 Å². The molecule has 2 amide bonds. The van der Waals surface area contributed by atoms with Crippen LogP contribution in [0.25, 0.3) is 0 Å². The van der Waals surface area contributed by atoms with E-state index in [2.05, 4.69) is 15.5 Å². The van der Waals surface area contributed by atoms with Crippen molar-refractivity contribution in [2.45, 2.75) is 52.0 Å². The first-order valence-electron chi connectivity index (χ1n) is 9.74. The number of benzene rings is 1. The minimum absolute atomic E-state index is 0.0628. The number of carbonyl (C=O) groups is 2. The summed E-state index contributed by atoms with van der Waals surface area (Å²) in [5.41, 5.74) is 0.871. The van der Waals surface area contributed by atoms with Crippen LogP contribution in [0.3, 0.4) is 0 Å². The van der Waals surface area contributed by atoms with Gasteiger partial charge in [0.2, 0.25) is 11.8 Å². The molecule has 5 nitrogen and oxygen atoms in total. The van der Waals surface area contributed by atoms with Gasteiger partial charge in [0.05, 0.1) is 6.54 Å². The summed E-state index contributed by atoms with van der Waals surface area (Å²) >= 11 is 5.98. The molecule has 2 aliphatic rings. The second kappa shape index (κ2) is 7.80. The lowest BCUT2D eigenvalue weighted by molar-refractivity contribution is -0.129.